The van der Waals surface area contributed by atoms with E-state index >= 15 is 0 Å². The van der Waals surface area contributed by atoms with Gasteiger partial charge in [-0.25, -0.2) is 4.98 Å². The van der Waals surface area contributed by atoms with E-state index in [1.807, 2.05) is 60.7 Å². The Morgan fingerprint density at radius 3 is 2.50 bits per heavy atom. The molecular weight excluding hydrogens is 320 g/mol. The maximum absolute atomic E-state index is 13.2. The number of hydrogen-bond acceptors (Lipinski definition) is 2. The molecule has 1 amide bonds. The van der Waals surface area contributed by atoms with E-state index in [9.17, 15) is 4.79 Å². The Bertz CT molecular complexity index is 919. The zero-order chi connectivity index (χ0) is 17.8. The normalized spacial score (nSPS) is 14.8. The molecule has 1 heterocycles. The molecule has 0 aliphatic heterocycles. The summed E-state index contributed by atoms with van der Waals surface area (Å²) in [5.41, 5.74) is 3.52. The minimum Gasteiger partial charge on any atom is -0.292 e. The summed E-state index contributed by atoms with van der Waals surface area (Å²) >= 11 is 0. The van der Waals surface area contributed by atoms with Crippen LogP contribution in [0.2, 0.25) is 0 Å². The van der Waals surface area contributed by atoms with E-state index in [-0.39, 0.29) is 11.8 Å². The number of anilines is 1. The zero-order valence-electron chi connectivity index (χ0n) is 14.5. The summed E-state index contributed by atoms with van der Waals surface area (Å²) < 4.78 is 0. The fourth-order valence-electron chi connectivity index (χ4n) is 3.38. The number of pyridine rings is 1. The molecule has 0 saturated carbocycles. The molecule has 4 rings (SSSR count). The van der Waals surface area contributed by atoms with E-state index in [2.05, 4.69) is 29.3 Å². The molecule has 0 saturated heterocycles. The number of hydrogen-bond donors (Lipinski definition) is 0. The van der Waals surface area contributed by atoms with Gasteiger partial charge in [0, 0.05) is 18.5 Å². The molecular formula is C23H20N2O. The van der Waals surface area contributed by atoms with Gasteiger partial charge in [-0.3, -0.25) is 9.69 Å². The summed E-state index contributed by atoms with van der Waals surface area (Å²) in [6.07, 6.45) is 6.40. The highest BCUT2D eigenvalue weighted by molar-refractivity contribution is 5.93. The summed E-state index contributed by atoms with van der Waals surface area (Å²) in [5.74, 6) is 0.899. The first-order valence-corrected chi connectivity index (χ1v) is 8.84. The molecule has 128 valence electrons. The second-order valence-corrected chi connectivity index (χ2v) is 6.45. The number of carbonyl (C=O) groups excluding carboxylic acids is 1. The maximum atomic E-state index is 13.2. The van der Waals surface area contributed by atoms with Crippen LogP contribution in [-0.2, 0) is 11.3 Å². The monoisotopic (exact) mass is 340 g/mol. The molecule has 1 aliphatic rings. The van der Waals surface area contributed by atoms with Crippen molar-refractivity contribution >= 4 is 17.8 Å². The first-order chi connectivity index (χ1) is 12.8. The van der Waals surface area contributed by atoms with E-state index in [0.29, 0.717) is 18.8 Å². The number of nitrogens with zero attached hydrogens (tertiary/aromatic N) is 2. The summed E-state index contributed by atoms with van der Waals surface area (Å²) in [6, 6.07) is 24.0. The lowest BCUT2D eigenvalue weighted by Crippen LogP contribution is -2.31. The molecule has 0 fully saturated rings. The van der Waals surface area contributed by atoms with Crippen molar-refractivity contribution in [3.63, 3.8) is 0 Å². The third kappa shape index (κ3) is 3.42. The Morgan fingerprint density at radius 2 is 1.69 bits per heavy atom. The van der Waals surface area contributed by atoms with E-state index < -0.39 is 0 Å². The zero-order valence-corrected chi connectivity index (χ0v) is 14.5. The van der Waals surface area contributed by atoms with Crippen molar-refractivity contribution in [2.24, 2.45) is 0 Å². The lowest BCUT2D eigenvalue weighted by Gasteiger charge is -2.23. The Labute approximate surface area is 153 Å². The summed E-state index contributed by atoms with van der Waals surface area (Å²) in [4.78, 5) is 19.3. The molecule has 2 aromatic carbocycles. The molecule has 26 heavy (non-hydrogen) atoms. The van der Waals surface area contributed by atoms with E-state index in [4.69, 9.17) is 0 Å². The second-order valence-electron chi connectivity index (χ2n) is 6.45. The number of aromatic nitrogens is 1. The number of rotatable bonds is 5. The number of carbonyl (C=O) groups is 1. The highest BCUT2D eigenvalue weighted by atomic mass is 16.2. The van der Waals surface area contributed by atoms with Crippen LogP contribution in [0.1, 0.15) is 29.0 Å². The number of amides is 1. The Morgan fingerprint density at radius 1 is 0.923 bits per heavy atom. The lowest BCUT2D eigenvalue weighted by molar-refractivity contribution is -0.119. The maximum Gasteiger partial charge on any atom is 0.229 e. The predicted octanol–water partition coefficient (Wildman–Crippen LogP) is 4.82. The molecule has 1 unspecified atom stereocenters. The quantitative estimate of drug-likeness (QED) is 0.667. The van der Waals surface area contributed by atoms with Gasteiger partial charge in [-0.1, -0.05) is 72.8 Å². The molecule has 0 bridgehead atoms. The van der Waals surface area contributed by atoms with Gasteiger partial charge in [0.2, 0.25) is 5.91 Å². The van der Waals surface area contributed by atoms with E-state index in [1.54, 1.807) is 11.1 Å². The van der Waals surface area contributed by atoms with Gasteiger partial charge in [0.05, 0.1) is 6.54 Å². The van der Waals surface area contributed by atoms with Crippen LogP contribution in [0.3, 0.4) is 0 Å². The third-order valence-electron chi connectivity index (χ3n) is 4.71. The van der Waals surface area contributed by atoms with Crippen molar-refractivity contribution in [2.45, 2.75) is 18.9 Å². The predicted molar refractivity (Wildman–Crippen MR) is 105 cm³/mol. The van der Waals surface area contributed by atoms with Gasteiger partial charge >= 0.3 is 0 Å². The summed E-state index contributed by atoms with van der Waals surface area (Å²) in [5, 5.41) is 0. The standard InChI is InChI=1S/C23H20N2O/c26-23(16-20-14-13-19-10-4-5-11-21(19)20)25(22-12-6-7-15-24-22)17-18-8-2-1-3-9-18/h1-15,20H,16-17H2. The minimum atomic E-state index is 0.0823. The lowest BCUT2D eigenvalue weighted by atomic mass is 9.97. The van der Waals surface area contributed by atoms with Crippen molar-refractivity contribution in [2.75, 3.05) is 4.90 Å². The van der Waals surface area contributed by atoms with Gasteiger partial charge in [0.1, 0.15) is 5.82 Å². The van der Waals surface area contributed by atoms with Gasteiger partial charge in [0.25, 0.3) is 0 Å². The van der Waals surface area contributed by atoms with E-state index in [1.165, 1.54) is 11.1 Å². The smallest absolute Gasteiger partial charge is 0.229 e. The molecule has 3 nitrogen and oxygen atoms in total. The van der Waals surface area contributed by atoms with Crippen LogP contribution in [-0.4, -0.2) is 10.9 Å². The van der Waals surface area contributed by atoms with Crippen LogP contribution in [0.15, 0.2) is 85.1 Å². The molecule has 3 heteroatoms. The van der Waals surface area contributed by atoms with Crippen molar-refractivity contribution in [3.05, 3.63) is 102 Å². The van der Waals surface area contributed by atoms with Gasteiger partial charge in [-0.05, 0) is 28.8 Å². The van der Waals surface area contributed by atoms with Gasteiger partial charge < -0.3 is 0 Å². The van der Waals surface area contributed by atoms with Gasteiger partial charge in [-0.2, -0.15) is 0 Å². The molecule has 0 N–H and O–H groups in total. The van der Waals surface area contributed by atoms with Crippen LogP contribution in [0.25, 0.3) is 6.08 Å². The molecule has 3 aromatic rings. The van der Waals surface area contributed by atoms with Crippen LogP contribution in [0.4, 0.5) is 5.82 Å². The average Bonchev–Trinajstić information content (AvgIpc) is 3.10. The molecule has 1 aliphatic carbocycles. The highest BCUT2D eigenvalue weighted by Crippen LogP contribution is 2.33. The average molecular weight is 340 g/mol. The molecule has 1 atom stereocenters. The Balaban J connectivity index is 1.58. The van der Waals surface area contributed by atoms with Gasteiger partial charge in [-0.15, -0.1) is 0 Å². The molecule has 0 radical (unpaired) electrons. The Hall–Kier alpha value is -3.20. The van der Waals surface area contributed by atoms with E-state index in [0.717, 1.165) is 5.56 Å². The minimum absolute atomic E-state index is 0.0823. The van der Waals surface area contributed by atoms with Crippen molar-refractivity contribution < 1.29 is 4.79 Å². The third-order valence-corrected chi connectivity index (χ3v) is 4.71. The van der Waals surface area contributed by atoms with Crippen LogP contribution < -0.4 is 4.90 Å². The largest absolute Gasteiger partial charge is 0.292 e. The van der Waals surface area contributed by atoms with Crippen LogP contribution >= 0.6 is 0 Å². The van der Waals surface area contributed by atoms with Crippen molar-refractivity contribution in [3.8, 4) is 0 Å². The SMILES string of the molecule is O=C(CC1C=Cc2ccccc21)N(Cc1ccccc1)c1ccccn1. The second kappa shape index (κ2) is 7.36. The molecule has 0 spiro atoms. The van der Waals surface area contributed by atoms with Crippen molar-refractivity contribution in [1.82, 2.24) is 4.98 Å². The van der Waals surface area contributed by atoms with Gasteiger partial charge in [0.15, 0.2) is 0 Å². The topological polar surface area (TPSA) is 33.2 Å². The molecule has 1 aromatic heterocycles. The number of benzene rings is 2. The fraction of sp³-hybridized carbons (Fsp3) is 0.130. The van der Waals surface area contributed by atoms with Crippen LogP contribution in [0.5, 0.6) is 0 Å². The first kappa shape index (κ1) is 16.3. The summed E-state index contributed by atoms with van der Waals surface area (Å²) in [7, 11) is 0. The highest BCUT2D eigenvalue weighted by Gasteiger charge is 2.24. The number of allylic oxidation sites excluding steroid dienone is 1. The number of fused-ring (bicyclic) bond motifs is 1. The van der Waals surface area contributed by atoms with Crippen LogP contribution in [0, 0.1) is 0 Å². The Kier molecular flexibility index (Phi) is 4.61. The first-order valence-electron chi connectivity index (χ1n) is 8.84. The van der Waals surface area contributed by atoms with Crippen molar-refractivity contribution in [1.29, 1.82) is 0 Å². The fourth-order valence-corrected chi connectivity index (χ4v) is 3.38. The summed E-state index contributed by atoms with van der Waals surface area (Å²) in [6.45, 7) is 0.523.